The fraction of sp³-hybridized carbons (Fsp3) is 0.304. The number of carbonyl (C=O) groups is 1. The van der Waals surface area contributed by atoms with Gasteiger partial charge in [-0.15, -0.1) is 0 Å². The molecule has 152 valence electrons. The van der Waals surface area contributed by atoms with E-state index in [9.17, 15) is 4.79 Å². The molecule has 6 heteroatoms. The van der Waals surface area contributed by atoms with Crippen LogP contribution in [0.4, 0.5) is 0 Å². The molecule has 1 unspecified atom stereocenters. The molecular weight excluding hydrogens is 366 g/mol. The van der Waals surface area contributed by atoms with Crippen molar-refractivity contribution in [2.45, 2.75) is 32.7 Å². The Kier molecular flexibility index (Phi) is 6.89. The van der Waals surface area contributed by atoms with Crippen LogP contribution in [0, 0.1) is 6.92 Å². The second-order valence-corrected chi connectivity index (χ2v) is 6.85. The summed E-state index contributed by atoms with van der Waals surface area (Å²) in [6, 6.07) is 17.3. The van der Waals surface area contributed by atoms with Crippen molar-refractivity contribution in [1.82, 2.24) is 15.1 Å². The molecule has 0 bridgehead atoms. The van der Waals surface area contributed by atoms with Crippen LogP contribution < -0.4 is 14.8 Å². The highest BCUT2D eigenvalue weighted by Crippen LogP contribution is 2.20. The summed E-state index contributed by atoms with van der Waals surface area (Å²) in [6.07, 6.45) is 2.87. The van der Waals surface area contributed by atoms with Gasteiger partial charge in [-0.2, -0.15) is 5.10 Å². The van der Waals surface area contributed by atoms with Gasteiger partial charge in [0, 0.05) is 17.7 Å². The van der Waals surface area contributed by atoms with Crippen LogP contribution in [0.15, 0.2) is 60.8 Å². The minimum Gasteiger partial charge on any atom is -0.497 e. The van der Waals surface area contributed by atoms with Gasteiger partial charge in [0.15, 0.2) is 0 Å². The molecule has 0 saturated carbocycles. The Morgan fingerprint density at radius 2 is 1.79 bits per heavy atom. The molecular formula is C23H27N3O3. The van der Waals surface area contributed by atoms with Crippen molar-refractivity contribution in [2.75, 3.05) is 13.7 Å². The van der Waals surface area contributed by atoms with Crippen LogP contribution in [0.25, 0.3) is 5.69 Å². The fourth-order valence-corrected chi connectivity index (χ4v) is 3.16. The first-order valence-corrected chi connectivity index (χ1v) is 9.74. The summed E-state index contributed by atoms with van der Waals surface area (Å²) < 4.78 is 12.7. The van der Waals surface area contributed by atoms with E-state index in [1.165, 1.54) is 0 Å². The van der Waals surface area contributed by atoms with Gasteiger partial charge in [-0.05, 0) is 56.7 Å². The van der Waals surface area contributed by atoms with Gasteiger partial charge in [-0.3, -0.25) is 4.79 Å². The third-order valence-electron chi connectivity index (χ3n) is 4.77. The molecule has 0 fully saturated rings. The van der Waals surface area contributed by atoms with Gasteiger partial charge >= 0.3 is 0 Å². The Morgan fingerprint density at radius 1 is 1.10 bits per heavy atom. The Balaban J connectivity index is 1.46. The van der Waals surface area contributed by atoms with Gasteiger partial charge in [0.2, 0.25) is 5.91 Å². The molecule has 1 amide bonds. The number of amides is 1. The molecule has 0 radical (unpaired) electrons. The van der Waals surface area contributed by atoms with Crippen LogP contribution >= 0.6 is 0 Å². The van der Waals surface area contributed by atoms with Crippen LogP contribution in [-0.2, 0) is 4.79 Å². The third-order valence-corrected chi connectivity index (χ3v) is 4.77. The van der Waals surface area contributed by atoms with Crippen molar-refractivity contribution in [3.05, 3.63) is 72.1 Å². The highest BCUT2D eigenvalue weighted by atomic mass is 16.5. The van der Waals surface area contributed by atoms with Crippen LogP contribution in [0.3, 0.4) is 0 Å². The van der Waals surface area contributed by atoms with Gasteiger partial charge < -0.3 is 14.8 Å². The molecule has 1 N–H and O–H groups in total. The summed E-state index contributed by atoms with van der Waals surface area (Å²) in [5.74, 6) is 1.56. The standard InChI is InChI=1S/C23H27N3O3/c1-17(22-16-24-26(18(22)2)19-8-5-4-6-9-19)25-23(27)10-7-15-29-21-13-11-20(28-3)12-14-21/h4-6,8-9,11-14,16-17H,7,10,15H2,1-3H3,(H,25,27). The van der Waals surface area contributed by atoms with Crippen LogP contribution in [0.5, 0.6) is 11.5 Å². The predicted molar refractivity (Wildman–Crippen MR) is 113 cm³/mol. The van der Waals surface area contributed by atoms with E-state index < -0.39 is 0 Å². The lowest BCUT2D eigenvalue weighted by Crippen LogP contribution is -2.27. The number of methoxy groups -OCH3 is 1. The lowest BCUT2D eigenvalue weighted by Gasteiger charge is -2.14. The van der Waals surface area contributed by atoms with E-state index in [1.807, 2.05) is 79.3 Å². The summed E-state index contributed by atoms with van der Waals surface area (Å²) in [5.41, 5.74) is 3.04. The number of ether oxygens (including phenoxy) is 2. The number of nitrogens with zero attached hydrogens (tertiary/aromatic N) is 2. The maximum atomic E-state index is 12.3. The molecule has 0 aliphatic carbocycles. The van der Waals surface area contributed by atoms with Crippen molar-refractivity contribution in [1.29, 1.82) is 0 Å². The van der Waals surface area contributed by atoms with Crippen molar-refractivity contribution >= 4 is 5.91 Å². The largest absolute Gasteiger partial charge is 0.497 e. The van der Waals surface area contributed by atoms with Gasteiger partial charge in [0.05, 0.1) is 31.6 Å². The molecule has 0 aliphatic heterocycles. The topological polar surface area (TPSA) is 65.4 Å². The normalized spacial score (nSPS) is 11.7. The molecule has 0 aliphatic rings. The first-order valence-electron chi connectivity index (χ1n) is 9.74. The monoisotopic (exact) mass is 393 g/mol. The summed E-state index contributed by atoms with van der Waals surface area (Å²) in [7, 11) is 1.63. The number of hydrogen-bond donors (Lipinski definition) is 1. The maximum absolute atomic E-state index is 12.3. The molecule has 29 heavy (non-hydrogen) atoms. The summed E-state index contributed by atoms with van der Waals surface area (Å²) in [5, 5.41) is 7.52. The van der Waals surface area contributed by atoms with Crippen LogP contribution in [0.1, 0.15) is 37.1 Å². The number of benzene rings is 2. The molecule has 3 rings (SSSR count). The maximum Gasteiger partial charge on any atom is 0.220 e. The van der Waals surface area contributed by atoms with Crippen molar-refractivity contribution in [3.8, 4) is 17.2 Å². The lowest BCUT2D eigenvalue weighted by molar-refractivity contribution is -0.121. The number of nitrogens with one attached hydrogen (secondary N) is 1. The second kappa shape index (κ2) is 9.78. The minimum absolute atomic E-state index is 0.00249. The number of para-hydroxylation sites is 1. The Bertz CT molecular complexity index is 920. The quantitative estimate of drug-likeness (QED) is 0.553. The second-order valence-electron chi connectivity index (χ2n) is 6.85. The first kappa shape index (κ1) is 20.5. The minimum atomic E-state index is -0.109. The van der Waals surface area contributed by atoms with Crippen LogP contribution in [-0.4, -0.2) is 29.4 Å². The van der Waals surface area contributed by atoms with Crippen LogP contribution in [0.2, 0.25) is 0 Å². The van der Waals surface area contributed by atoms with E-state index >= 15 is 0 Å². The SMILES string of the molecule is COc1ccc(OCCCC(=O)NC(C)c2cnn(-c3ccccc3)c2C)cc1. The molecule has 3 aromatic rings. The predicted octanol–water partition coefficient (Wildman–Crippen LogP) is 4.23. The van der Waals surface area contributed by atoms with E-state index in [1.54, 1.807) is 7.11 Å². The zero-order valence-corrected chi connectivity index (χ0v) is 17.1. The molecule has 1 heterocycles. The Morgan fingerprint density at radius 3 is 2.48 bits per heavy atom. The number of rotatable bonds is 9. The number of carbonyl (C=O) groups excluding carboxylic acids is 1. The average Bonchev–Trinajstić information content (AvgIpc) is 3.13. The third kappa shape index (κ3) is 5.38. The zero-order valence-electron chi connectivity index (χ0n) is 17.1. The van der Waals surface area contributed by atoms with Crippen molar-refractivity contribution < 1.29 is 14.3 Å². The highest BCUT2D eigenvalue weighted by Gasteiger charge is 2.16. The highest BCUT2D eigenvalue weighted by molar-refractivity contribution is 5.76. The van der Waals surface area contributed by atoms with Gasteiger partial charge in [0.1, 0.15) is 11.5 Å². The first-order chi connectivity index (χ1) is 14.1. The molecule has 1 aromatic heterocycles. The van der Waals surface area contributed by atoms with Crippen molar-refractivity contribution in [2.24, 2.45) is 0 Å². The summed E-state index contributed by atoms with van der Waals surface area (Å²) in [6.45, 7) is 4.48. The van der Waals surface area contributed by atoms with E-state index in [4.69, 9.17) is 9.47 Å². The van der Waals surface area contributed by atoms with E-state index in [0.29, 0.717) is 19.4 Å². The van der Waals surface area contributed by atoms with E-state index in [2.05, 4.69) is 10.4 Å². The average molecular weight is 393 g/mol. The van der Waals surface area contributed by atoms with Gasteiger partial charge in [-0.25, -0.2) is 4.68 Å². The fourth-order valence-electron chi connectivity index (χ4n) is 3.16. The smallest absolute Gasteiger partial charge is 0.220 e. The molecule has 6 nitrogen and oxygen atoms in total. The van der Waals surface area contributed by atoms with Crippen molar-refractivity contribution in [3.63, 3.8) is 0 Å². The van der Waals surface area contributed by atoms with E-state index in [-0.39, 0.29) is 11.9 Å². The van der Waals surface area contributed by atoms with Gasteiger partial charge in [0.25, 0.3) is 0 Å². The van der Waals surface area contributed by atoms with E-state index in [0.717, 1.165) is 28.4 Å². The molecule has 1 atom stereocenters. The van der Waals surface area contributed by atoms with Gasteiger partial charge in [-0.1, -0.05) is 18.2 Å². The molecule has 0 saturated heterocycles. The lowest BCUT2D eigenvalue weighted by atomic mass is 10.1. The number of aromatic nitrogens is 2. The molecule has 0 spiro atoms. The summed E-state index contributed by atoms with van der Waals surface area (Å²) in [4.78, 5) is 12.3. The summed E-state index contributed by atoms with van der Waals surface area (Å²) >= 11 is 0. The molecule has 2 aromatic carbocycles. The Hall–Kier alpha value is -3.28. The zero-order chi connectivity index (χ0) is 20.6. The number of hydrogen-bond acceptors (Lipinski definition) is 4. The Labute approximate surface area is 171 Å².